The number of amides is 2. The van der Waals surface area contributed by atoms with Crippen LogP contribution in [0.25, 0.3) is 31.9 Å². The highest BCUT2D eigenvalue weighted by Crippen LogP contribution is 2.61. The molecule has 4 aliphatic rings. The van der Waals surface area contributed by atoms with Crippen molar-refractivity contribution < 1.29 is 19.2 Å². The fourth-order valence-electron chi connectivity index (χ4n) is 9.67. The molecule has 10 rings (SSSR count). The average Bonchev–Trinajstić information content (AvgIpc) is 3.55. The largest absolute Gasteiger partial charge is 0.507 e. The van der Waals surface area contributed by atoms with Crippen LogP contribution in [0.4, 0.5) is 5.82 Å². The number of nitrogens with zero attached hydrogens (tertiary/aromatic N) is 6. The SMILES string of the molecule is Cc1ncsc1-c1ccc(CNC(=O)C2CCCN2C(=O)C(c2cc(N3CC4(CC(c5sc6nnc(-c7ccccc7O)cc6c5C5CC5)C4)C3)no2)C(C)C)cc1. The Morgan fingerprint density at radius 2 is 1.81 bits per heavy atom. The van der Waals surface area contributed by atoms with E-state index in [1.165, 1.54) is 28.7 Å². The first kappa shape index (κ1) is 37.2. The predicted molar refractivity (Wildman–Crippen MR) is 226 cm³/mol. The Morgan fingerprint density at radius 3 is 2.53 bits per heavy atom. The van der Waals surface area contributed by atoms with Gasteiger partial charge in [-0.3, -0.25) is 9.59 Å². The number of thiophene rings is 1. The molecule has 2 unspecified atom stereocenters. The zero-order valence-electron chi connectivity index (χ0n) is 33.0. The second kappa shape index (κ2) is 14.6. The van der Waals surface area contributed by atoms with E-state index in [1.807, 2.05) is 62.7 Å². The first-order valence-electron chi connectivity index (χ1n) is 20.5. The van der Waals surface area contributed by atoms with Gasteiger partial charge in [-0.15, -0.1) is 32.9 Å². The van der Waals surface area contributed by atoms with Crippen molar-refractivity contribution in [3.05, 3.63) is 93.6 Å². The van der Waals surface area contributed by atoms with Crippen molar-refractivity contribution in [2.24, 2.45) is 11.3 Å². The molecule has 58 heavy (non-hydrogen) atoms. The van der Waals surface area contributed by atoms with Crippen LogP contribution in [-0.2, 0) is 16.1 Å². The van der Waals surface area contributed by atoms with Crippen LogP contribution in [-0.4, -0.2) is 67.8 Å². The molecular weight excluding hydrogens is 767 g/mol. The number of fused-ring (bicyclic) bond motifs is 1. The minimum Gasteiger partial charge on any atom is -0.507 e. The molecule has 4 fully saturated rings. The Bertz CT molecular complexity index is 2510. The van der Waals surface area contributed by atoms with E-state index in [9.17, 15) is 14.7 Å². The van der Waals surface area contributed by atoms with Gasteiger partial charge in [-0.2, -0.15) is 0 Å². The monoisotopic (exact) mass is 813 g/mol. The number of thiazole rings is 1. The third-order valence-corrected chi connectivity index (χ3v) is 15.1. The number of aromatic hydroxyl groups is 1. The second-order valence-electron chi connectivity index (χ2n) is 17.3. The van der Waals surface area contributed by atoms with E-state index in [4.69, 9.17) is 4.52 Å². The van der Waals surface area contributed by atoms with Gasteiger partial charge in [0.05, 0.1) is 21.8 Å². The molecule has 2 N–H and O–H groups in total. The molecule has 2 atom stereocenters. The van der Waals surface area contributed by atoms with Gasteiger partial charge in [0.15, 0.2) is 11.6 Å². The molecule has 2 amide bonds. The fourth-order valence-corrected chi connectivity index (χ4v) is 11.8. The Morgan fingerprint density at radius 1 is 1.02 bits per heavy atom. The summed E-state index contributed by atoms with van der Waals surface area (Å²) in [7, 11) is 0. The first-order valence-corrected chi connectivity index (χ1v) is 22.2. The lowest BCUT2D eigenvalue weighted by Gasteiger charge is -2.59. The number of hydrogen-bond donors (Lipinski definition) is 2. The van der Waals surface area contributed by atoms with E-state index in [1.54, 1.807) is 33.6 Å². The Hall–Kier alpha value is -5.14. The molecule has 6 heterocycles. The number of aromatic nitrogens is 4. The van der Waals surface area contributed by atoms with Gasteiger partial charge in [0.2, 0.25) is 11.8 Å². The van der Waals surface area contributed by atoms with Crippen molar-refractivity contribution >= 4 is 50.5 Å². The minimum absolute atomic E-state index is 0.0328. The van der Waals surface area contributed by atoms with Crippen molar-refractivity contribution in [1.82, 2.24) is 30.6 Å². The van der Waals surface area contributed by atoms with Gasteiger partial charge in [0.25, 0.3) is 0 Å². The molecule has 4 aromatic heterocycles. The topological polar surface area (TPSA) is 138 Å². The van der Waals surface area contributed by atoms with Gasteiger partial charge in [-0.05, 0) is 98.1 Å². The zero-order chi connectivity index (χ0) is 39.7. The van der Waals surface area contributed by atoms with Crippen LogP contribution in [0.3, 0.4) is 0 Å². The highest BCUT2D eigenvalue weighted by atomic mass is 32.1. The summed E-state index contributed by atoms with van der Waals surface area (Å²) in [5, 5.41) is 28.4. The van der Waals surface area contributed by atoms with Crippen molar-refractivity contribution in [2.75, 3.05) is 24.5 Å². The molecule has 6 aromatic rings. The minimum atomic E-state index is -0.524. The van der Waals surface area contributed by atoms with Crippen molar-refractivity contribution in [3.63, 3.8) is 0 Å². The van der Waals surface area contributed by atoms with Gasteiger partial charge in [-0.1, -0.05) is 55.4 Å². The molecule has 2 saturated carbocycles. The number of likely N-dealkylation sites (tertiary alicyclic amines) is 1. The van der Waals surface area contributed by atoms with Gasteiger partial charge >= 0.3 is 0 Å². The highest BCUT2D eigenvalue weighted by Gasteiger charge is 2.54. The summed E-state index contributed by atoms with van der Waals surface area (Å²) < 4.78 is 5.94. The number of aryl methyl sites for hydroxylation is 1. The van der Waals surface area contributed by atoms with Crippen LogP contribution in [0.1, 0.15) is 97.6 Å². The molecule has 0 bridgehead atoms. The summed E-state index contributed by atoms with van der Waals surface area (Å²) in [6.45, 7) is 8.85. The van der Waals surface area contributed by atoms with Gasteiger partial charge in [0.1, 0.15) is 22.5 Å². The lowest BCUT2D eigenvalue weighted by atomic mass is 9.57. The van der Waals surface area contributed by atoms with Crippen LogP contribution in [0.15, 0.2) is 70.7 Å². The molecule has 2 saturated heterocycles. The zero-order valence-corrected chi connectivity index (χ0v) is 34.6. The smallest absolute Gasteiger partial charge is 0.243 e. The molecule has 0 radical (unpaired) electrons. The van der Waals surface area contributed by atoms with E-state index >= 15 is 0 Å². The number of carbonyl (C=O) groups is 2. The van der Waals surface area contributed by atoms with Gasteiger partial charge in [-0.25, -0.2) is 4.98 Å². The number of para-hydroxylation sites is 1. The first-order chi connectivity index (χ1) is 28.1. The van der Waals surface area contributed by atoms with Crippen molar-refractivity contribution in [2.45, 2.75) is 89.6 Å². The molecule has 11 nitrogen and oxygen atoms in total. The van der Waals surface area contributed by atoms with E-state index in [0.29, 0.717) is 48.4 Å². The van der Waals surface area contributed by atoms with Crippen LogP contribution in [0, 0.1) is 18.3 Å². The van der Waals surface area contributed by atoms with E-state index < -0.39 is 12.0 Å². The number of carbonyl (C=O) groups excluding carboxylic acids is 2. The van der Waals surface area contributed by atoms with Crippen molar-refractivity contribution in [1.29, 1.82) is 0 Å². The molecule has 298 valence electrons. The Labute approximate surface area is 345 Å². The Balaban J connectivity index is 0.772. The lowest BCUT2D eigenvalue weighted by Crippen LogP contribution is -2.62. The molecule has 2 aromatic carbocycles. The second-order valence-corrected chi connectivity index (χ2v) is 19.1. The number of anilines is 1. The molecule has 1 spiro atoms. The summed E-state index contributed by atoms with van der Waals surface area (Å²) in [6, 6.07) is 19.1. The van der Waals surface area contributed by atoms with Crippen LogP contribution in [0.2, 0.25) is 0 Å². The summed E-state index contributed by atoms with van der Waals surface area (Å²) in [5.74, 6) is 1.90. The number of phenols is 1. The van der Waals surface area contributed by atoms with E-state index in [-0.39, 0.29) is 28.9 Å². The summed E-state index contributed by atoms with van der Waals surface area (Å²) in [5.41, 5.74) is 8.13. The van der Waals surface area contributed by atoms with E-state index in [0.717, 1.165) is 64.7 Å². The van der Waals surface area contributed by atoms with Crippen LogP contribution >= 0.6 is 22.7 Å². The van der Waals surface area contributed by atoms with Crippen LogP contribution < -0.4 is 10.2 Å². The third-order valence-electron chi connectivity index (χ3n) is 12.8. The Kier molecular flexibility index (Phi) is 9.35. The quantitative estimate of drug-likeness (QED) is 0.132. The lowest BCUT2D eigenvalue weighted by molar-refractivity contribution is -0.140. The third kappa shape index (κ3) is 6.65. The standard InChI is InChI=1S/C45H47N7O4S2/c1-25(2)38(44(55)52-16-6-8-34(52)42(54)46-21-27-10-12-29(13-11-27)40-26(3)47-24-57-40)36-18-37(50-56-36)51-22-45(23-51)19-30(20-45)41-39(28-14-15-28)32-17-33(48-49-43(32)58-41)31-7-4-5-9-35(31)53/h4-5,7,9-13,17-18,24-25,28,30,34,38,53H,6,8,14-16,19-23H2,1-3H3,(H,46,54). The maximum absolute atomic E-state index is 14.2. The maximum Gasteiger partial charge on any atom is 0.243 e. The number of phenolic OH excluding ortho intramolecular Hbond substituents is 1. The molecule has 2 aliphatic heterocycles. The number of rotatable bonds is 11. The van der Waals surface area contributed by atoms with Crippen molar-refractivity contribution in [3.8, 4) is 27.4 Å². The summed E-state index contributed by atoms with van der Waals surface area (Å²) in [4.78, 5) is 39.7. The summed E-state index contributed by atoms with van der Waals surface area (Å²) >= 11 is 3.43. The van der Waals surface area contributed by atoms with E-state index in [2.05, 4.69) is 48.8 Å². The summed E-state index contributed by atoms with van der Waals surface area (Å²) in [6.07, 6.45) is 6.10. The molecular formula is C45H47N7O4S2. The normalized spacial score (nSPS) is 19.5. The molecule has 13 heteroatoms. The van der Waals surface area contributed by atoms with Crippen LogP contribution in [0.5, 0.6) is 5.75 Å². The molecule has 2 aliphatic carbocycles. The predicted octanol–water partition coefficient (Wildman–Crippen LogP) is 8.79. The maximum atomic E-state index is 14.2. The van der Waals surface area contributed by atoms with Gasteiger partial charge in [0, 0.05) is 53.5 Å². The average molecular weight is 814 g/mol. The number of hydrogen-bond acceptors (Lipinski definition) is 11. The van der Waals surface area contributed by atoms with Gasteiger partial charge < -0.3 is 24.7 Å². The number of nitrogens with one attached hydrogen (secondary N) is 1. The fraction of sp³-hybridized carbons (Fsp3) is 0.422. The highest BCUT2D eigenvalue weighted by molar-refractivity contribution is 7.19. The number of benzene rings is 2.